The van der Waals surface area contributed by atoms with Crippen molar-refractivity contribution in [2.45, 2.75) is 6.42 Å². The summed E-state index contributed by atoms with van der Waals surface area (Å²) >= 11 is 5.99. The van der Waals surface area contributed by atoms with Crippen LogP contribution in [0.5, 0.6) is 0 Å². The summed E-state index contributed by atoms with van der Waals surface area (Å²) in [6, 6.07) is 12.6. The van der Waals surface area contributed by atoms with Crippen molar-refractivity contribution in [1.82, 2.24) is 9.88 Å². The molecule has 3 N–H and O–H groups in total. The second-order valence-corrected chi connectivity index (χ2v) is 7.03. The number of hydrogen-bond acceptors (Lipinski definition) is 3. The number of nitrogens with one attached hydrogen (secondary N) is 3. The fourth-order valence-electron chi connectivity index (χ4n) is 2.85. The summed E-state index contributed by atoms with van der Waals surface area (Å²) in [7, 11) is 3.66. The van der Waals surface area contributed by atoms with Crippen LogP contribution in [-0.4, -0.2) is 42.3 Å². The maximum Gasteiger partial charge on any atom is 0.238 e. The summed E-state index contributed by atoms with van der Waals surface area (Å²) in [5, 5.41) is 7.30. The van der Waals surface area contributed by atoms with Gasteiger partial charge in [0.2, 0.25) is 11.8 Å². The molecule has 0 atom stereocenters. The number of carbonyl (C=O) groups is 2. The highest BCUT2D eigenvalue weighted by Gasteiger charge is 2.10. The third-order valence-corrected chi connectivity index (χ3v) is 4.21. The van der Waals surface area contributed by atoms with E-state index in [0.717, 1.165) is 16.5 Å². The zero-order chi connectivity index (χ0) is 19.4. The van der Waals surface area contributed by atoms with Crippen molar-refractivity contribution in [3.05, 3.63) is 59.2 Å². The molecular formula is C20H21ClN4O2. The second-order valence-electron chi connectivity index (χ2n) is 6.60. The first-order valence-electron chi connectivity index (χ1n) is 8.51. The lowest BCUT2D eigenvalue weighted by Crippen LogP contribution is -2.27. The van der Waals surface area contributed by atoms with Gasteiger partial charge in [-0.25, -0.2) is 0 Å². The number of halogens is 1. The standard InChI is InChI=1S/C20H21ClN4O2/c1-25(2)12-20(27)24-16-5-3-4-15(10-16)23-19(26)8-13-11-22-18-9-14(21)6-7-17(13)18/h3-7,9-11,22H,8,12H2,1-2H3,(H,23,26)(H,24,27). The van der Waals surface area contributed by atoms with Gasteiger partial charge >= 0.3 is 0 Å². The molecule has 1 heterocycles. The molecule has 0 fully saturated rings. The predicted molar refractivity (Wildman–Crippen MR) is 109 cm³/mol. The van der Waals surface area contributed by atoms with E-state index in [1.54, 1.807) is 35.2 Å². The lowest BCUT2D eigenvalue weighted by molar-refractivity contribution is -0.117. The number of rotatable bonds is 6. The number of H-pyrrole nitrogens is 1. The molecule has 1 aromatic heterocycles. The van der Waals surface area contributed by atoms with Gasteiger partial charge in [0.05, 0.1) is 13.0 Å². The number of fused-ring (bicyclic) bond motifs is 1. The molecule has 140 valence electrons. The van der Waals surface area contributed by atoms with Crippen LogP contribution in [-0.2, 0) is 16.0 Å². The van der Waals surface area contributed by atoms with Crippen LogP contribution in [0.15, 0.2) is 48.7 Å². The van der Waals surface area contributed by atoms with Crippen molar-refractivity contribution in [3.8, 4) is 0 Å². The molecule has 3 aromatic rings. The Kier molecular flexibility index (Phi) is 5.78. The summed E-state index contributed by atoms with van der Waals surface area (Å²) in [6.45, 7) is 0.293. The topological polar surface area (TPSA) is 77.2 Å². The first-order chi connectivity index (χ1) is 12.9. The summed E-state index contributed by atoms with van der Waals surface area (Å²) in [6.07, 6.45) is 2.05. The van der Waals surface area contributed by atoms with Gasteiger partial charge in [0.25, 0.3) is 0 Å². The maximum absolute atomic E-state index is 12.4. The quantitative estimate of drug-likeness (QED) is 0.608. The summed E-state index contributed by atoms with van der Waals surface area (Å²) in [4.78, 5) is 29.2. The van der Waals surface area contributed by atoms with Crippen LogP contribution in [0.2, 0.25) is 5.02 Å². The Morgan fingerprint density at radius 1 is 1.04 bits per heavy atom. The zero-order valence-corrected chi connectivity index (χ0v) is 15.9. The Morgan fingerprint density at radius 3 is 2.44 bits per heavy atom. The fraction of sp³-hybridized carbons (Fsp3) is 0.200. The Bertz CT molecular complexity index is 981. The molecule has 6 nitrogen and oxygen atoms in total. The number of hydrogen-bond donors (Lipinski definition) is 3. The van der Waals surface area contributed by atoms with E-state index in [-0.39, 0.29) is 18.2 Å². The van der Waals surface area contributed by atoms with Crippen molar-refractivity contribution in [2.75, 3.05) is 31.3 Å². The number of aromatic amines is 1. The van der Waals surface area contributed by atoms with Gasteiger partial charge in [0.15, 0.2) is 0 Å². The highest BCUT2D eigenvalue weighted by atomic mass is 35.5. The number of carbonyl (C=O) groups excluding carboxylic acids is 2. The van der Waals surface area contributed by atoms with Gasteiger partial charge in [-0.15, -0.1) is 0 Å². The average molecular weight is 385 g/mol. The molecule has 0 saturated heterocycles. The summed E-state index contributed by atoms with van der Waals surface area (Å²) in [5.41, 5.74) is 3.07. The number of amides is 2. The van der Waals surface area contributed by atoms with Gasteiger partial charge in [-0.1, -0.05) is 23.7 Å². The fourth-order valence-corrected chi connectivity index (χ4v) is 3.02. The molecule has 7 heteroatoms. The van der Waals surface area contributed by atoms with Crippen LogP contribution in [0.4, 0.5) is 11.4 Å². The molecule has 3 rings (SSSR count). The largest absolute Gasteiger partial charge is 0.361 e. The van der Waals surface area contributed by atoms with E-state index in [4.69, 9.17) is 11.6 Å². The number of benzene rings is 2. The van der Waals surface area contributed by atoms with Crippen molar-refractivity contribution < 1.29 is 9.59 Å². The van der Waals surface area contributed by atoms with Gasteiger partial charge in [-0.2, -0.15) is 0 Å². The van der Waals surface area contributed by atoms with E-state index < -0.39 is 0 Å². The van der Waals surface area contributed by atoms with Crippen LogP contribution < -0.4 is 10.6 Å². The Morgan fingerprint density at radius 2 is 1.74 bits per heavy atom. The first kappa shape index (κ1) is 18.9. The Balaban J connectivity index is 1.65. The second kappa shape index (κ2) is 8.24. The molecule has 27 heavy (non-hydrogen) atoms. The van der Waals surface area contributed by atoms with Crippen molar-refractivity contribution >= 4 is 45.7 Å². The van der Waals surface area contributed by atoms with Crippen LogP contribution in [0.3, 0.4) is 0 Å². The monoisotopic (exact) mass is 384 g/mol. The lowest BCUT2D eigenvalue weighted by Gasteiger charge is -2.11. The van der Waals surface area contributed by atoms with E-state index in [9.17, 15) is 9.59 Å². The minimum absolute atomic E-state index is 0.110. The molecule has 0 bridgehead atoms. The highest BCUT2D eigenvalue weighted by molar-refractivity contribution is 6.31. The number of likely N-dealkylation sites (N-methyl/N-ethyl adjacent to an activating group) is 1. The molecule has 2 amide bonds. The van der Waals surface area contributed by atoms with Crippen LogP contribution >= 0.6 is 11.6 Å². The minimum Gasteiger partial charge on any atom is -0.361 e. The molecule has 0 aliphatic rings. The smallest absolute Gasteiger partial charge is 0.238 e. The van der Waals surface area contributed by atoms with Gasteiger partial charge in [-0.05, 0) is 50.0 Å². The molecule has 0 radical (unpaired) electrons. The minimum atomic E-state index is -0.136. The molecule has 0 saturated carbocycles. The van der Waals surface area contributed by atoms with E-state index in [2.05, 4.69) is 15.6 Å². The van der Waals surface area contributed by atoms with E-state index >= 15 is 0 Å². The molecule has 2 aromatic carbocycles. The van der Waals surface area contributed by atoms with E-state index in [1.165, 1.54) is 0 Å². The van der Waals surface area contributed by atoms with E-state index in [1.807, 2.05) is 32.4 Å². The SMILES string of the molecule is CN(C)CC(=O)Nc1cccc(NC(=O)Cc2c[nH]c3cc(Cl)ccc23)c1. The van der Waals surface area contributed by atoms with Gasteiger partial charge in [0, 0.05) is 33.5 Å². The highest BCUT2D eigenvalue weighted by Crippen LogP contribution is 2.23. The zero-order valence-electron chi connectivity index (χ0n) is 15.2. The van der Waals surface area contributed by atoms with Crippen LogP contribution in [0, 0.1) is 0 Å². The number of anilines is 2. The van der Waals surface area contributed by atoms with Crippen molar-refractivity contribution in [3.63, 3.8) is 0 Å². The average Bonchev–Trinajstić information content (AvgIpc) is 2.96. The third kappa shape index (κ3) is 5.09. The third-order valence-electron chi connectivity index (χ3n) is 3.97. The Hall–Kier alpha value is -2.83. The number of aromatic nitrogens is 1. The first-order valence-corrected chi connectivity index (χ1v) is 8.88. The van der Waals surface area contributed by atoms with Crippen LogP contribution in [0.25, 0.3) is 10.9 Å². The maximum atomic E-state index is 12.4. The molecular weight excluding hydrogens is 364 g/mol. The normalized spacial score (nSPS) is 11.0. The van der Waals surface area contributed by atoms with Gasteiger partial charge in [0.1, 0.15) is 0 Å². The molecule has 0 aliphatic carbocycles. The van der Waals surface area contributed by atoms with E-state index in [0.29, 0.717) is 22.9 Å². The molecule has 0 unspecified atom stereocenters. The van der Waals surface area contributed by atoms with Crippen LogP contribution in [0.1, 0.15) is 5.56 Å². The van der Waals surface area contributed by atoms with Crippen molar-refractivity contribution in [2.24, 2.45) is 0 Å². The Labute approximate surface area is 162 Å². The predicted octanol–water partition coefficient (Wildman–Crippen LogP) is 3.50. The number of nitrogens with zero attached hydrogens (tertiary/aromatic N) is 1. The van der Waals surface area contributed by atoms with Gasteiger partial charge in [-0.3, -0.25) is 9.59 Å². The van der Waals surface area contributed by atoms with Crippen molar-refractivity contribution in [1.29, 1.82) is 0 Å². The lowest BCUT2D eigenvalue weighted by atomic mass is 10.1. The van der Waals surface area contributed by atoms with Gasteiger partial charge < -0.3 is 20.5 Å². The molecule has 0 aliphatic heterocycles. The molecule has 0 spiro atoms. The summed E-state index contributed by atoms with van der Waals surface area (Å²) in [5.74, 6) is -0.247. The summed E-state index contributed by atoms with van der Waals surface area (Å²) < 4.78 is 0.